The van der Waals surface area contributed by atoms with Gasteiger partial charge in [0.25, 0.3) is 5.69 Å². The minimum atomic E-state index is -1.51. The maximum absolute atomic E-state index is 13.8. The number of nitro benzene ring substituents is 1. The molecule has 0 radical (unpaired) electrons. The molecule has 1 heterocycles. The predicted octanol–water partition coefficient (Wildman–Crippen LogP) is 2.67. The summed E-state index contributed by atoms with van der Waals surface area (Å²) in [5.41, 5.74) is -0.903. The van der Waals surface area contributed by atoms with Gasteiger partial charge in [0.2, 0.25) is 0 Å². The average molecular weight is 282 g/mol. The molecule has 6 nitrogen and oxygen atoms in total. The van der Waals surface area contributed by atoms with Gasteiger partial charge in [-0.2, -0.15) is 0 Å². The highest BCUT2D eigenvalue weighted by molar-refractivity contribution is 5.90. The largest absolute Gasteiger partial charge is 0.478 e. The molecule has 0 spiro atoms. The van der Waals surface area contributed by atoms with Crippen molar-refractivity contribution in [2.45, 2.75) is 26.3 Å². The van der Waals surface area contributed by atoms with Crippen LogP contribution in [0.25, 0.3) is 0 Å². The Balaban J connectivity index is 2.55. The predicted molar refractivity (Wildman–Crippen MR) is 70.6 cm³/mol. The van der Waals surface area contributed by atoms with Crippen LogP contribution in [0.3, 0.4) is 0 Å². The quantitative estimate of drug-likeness (QED) is 0.680. The van der Waals surface area contributed by atoms with Crippen molar-refractivity contribution in [3.8, 4) is 0 Å². The molecular weight excluding hydrogens is 267 g/mol. The zero-order valence-corrected chi connectivity index (χ0v) is 11.2. The molecule has 0 aliphatic carbocycles. The zero-order chi connectivity index (χ0) is 15.0. The third kappa shape index (κ3) is 2.43. The Morgan fingerprint density at radius 1 is 1.50 bits per heavy atom. The Morgan fingerprint density at radius 2 is 2.15 bits per heavy atom. The number of carboxylic acids is 1. The Labute approximate surface area is 115 Å². The first-order valence-corrected chi connectivity index (χ1v) is 6.29. The second kappa shape index (κ2) is 5.07. The molecule has 1 N–H and O–H groups in total. The van der Waals surface area contributed by atoms with E-state index >= 15 is 0 Å². The van der Waals surface area contributed by atoms with E-state index in [9.17, 15) is 19.3 Å². The summed E-state index contributed by atoms with van der Waals surface area (Å²) in [6.07, 6.45) is 0.861. The average Bonchev–Trinajstić information content (AvgIpc) is 2.67. The Morgan fingerprint density at radius 3 is 2.60 bits per heavy atom. The van der Waals surface area contributed by atoms with Crippen LogP contribution in [0.5, 0.6) is 0 Å². The van der Waals surface area contributed by atoms with Crippen molar-refractivity contribution in [3.63, 3.8) is 0 Å². The van der Waals surface area contributed by atoms with E-state index in [0.29, 0.717) is 12.5 Å². The number of rotatable bonds is 3. The van der Waals surface area contributed by atoms with Gasteiger partial charge < -0.3 is 10.0 Å². The molecule has 2 rings (SSSR count). The van der Waals surface area contributed by atoms with Crippen LogP contribution in [0.1, 0.15) is 30.6 Å². The van der Waals surface area contributed by atoms with Gasteiger partial charge in [0.05, 0.1) is 4.92 Å². The van der Waals surface area contributed by atoms with Gasteiger partial charge in [-0.15, -0.1) is 0 Å². The van der Waals surface area contributed by atoms with Crippen LogP contribution in [0.2, 0.25) is 0 Å². The van der Waals surface area contributed by atoms with Crippen molar-refractivity contribution < 1.29 is 19.2 Å². The molecule has 0 bridgehead atoms. The van der Waals surface area contributed by atoms with Gasteiger partial charge >= 0.3 is 5.97 Å². The van der Waals surface area contributed by atoms with Gasteiger partial charge in [-0.3, -0.25) is 10.1 Å². The number of nitrogens with zero attached hydrogens (tertiary/aromatic N) is 2. The highest BCUT2D eigenvalue weighted by Gasteiger charge is 2.32. The molecule has 1 aromatic rings. The van der Waals surface area contributed by atoms with Crippen LogP contribution in [0, 0.1) is 21.8 Å². The summed E-state index contributed by atoms with van der Waals surface area (Å²) in [4.78, 5) is 23.1. The Kier molecular flexibility index (Phi) is 3.61. The fourth-order valence-corrected chi connectivity index (χ4v) is 2.73. The van der Waals surface area contributed by atoms with E-state index in [2.05, 4.69) is 0 Å². The first-order valence-electron chi connectivity index (χ1n) is 6.29. The maximum Gasteiger partial charge on any atom is 0.338 e. The Bertz CT molecular complexity index is 576. The first kappa shape index (κ1) is 14.2. The molecule has 7 heteroatoms. The van der Waals surface area contributed by atoms with Gasteiger partial charge in [-0.25, -0.2) is 9.18 Å². The lowest BCUT2D eigenvalue weighted by Crippen LogP contribution is -2.27. The summed E-state index contributed by atoms with van der Waals surface area (Å²) >= 11 is 0. The van der Waals surface area contributed by atoms with Gasteiger partial charge in [0.1, 0.15) is 17.1 Å². The highest BCUT2D eigenvalue weighted by Crippen LogP contribution is 2.36. The molecule has 0 aromatic heterocycles. The minimum Gasteiger partial charge on any atom is -0.478 e. The number of halogens is 1. The number of benzene rings is 1. The minimum absolute atomic E-state index is 0.0544. The van der Waals surface area contributed by atoms with Gasteiger partial charge in [0, 0.05) is 24.7 Å². The number of hydrogen-bond acceptors (Lipinski definition) is 4. The summed E-state index contributed by atoms with van der Waals surface area (Å²) in [5, 5.41) is 20.0. The summed E-state index contributed by atoms with van der Waals surface area (Å²) < 4.78 is 13.8. The lowest BCUT2D eigenvalue weighted by Gasteiger charge is -2.23. The van der Waals surface area contributed by atoms with E-state index in [1.165, 1.54) is 0 Å². The molecule has 1 fully saturated rings. The first-order chi connectivity index (χ1) is 9.31. The van der Waals surface area contributed by atoms with Crippen LogP contribution in [0.4, 0.5) is 15.8 Å². The normalized spacial score (nSPS) is 22.1. The van der Waals surface area contributed by atoms with Crippen molar-refractivity contribution in [1.29, 1.82) is 0 Å². The molecule has 108 valence electrons. The van der Waals surface area contributed by atoms with Gasteiger partial charge in [-0.05, 0) is 19.3 Å². The summed E-state index contributed by atoms with van der Waals surface area (Å²) in [6.45, 7) is 4.52. The van der Waals surface area contributed by atoms with Crippen LogP contribution in [0.15, 0.2) is 12.1 Å². The van der Waals surface area contributed by atoms with Crippen molar-refractivity contribution in [2.24, 2.45) is 5.92 Å². The van der Waals surface area contributed by atoms with E-state index in [1.807, 2.05) is 13.8 Å². The maximum atomic E-state index is 13.8. The number of hydrogen-bond donors (Lipinski definition) is 1. The van der Waals surface area contributed by atoms with Crippen molar-refractivity contribution in [2.75, 3.05) is 11.4 Å². The number of nitro groups is 1. The number of aromatic carboxylic acids is 1. The summed E-state index contributed by atoms with van der Waals surface area (Å²) in [6, 6.07) is 1.80. The number of carboxylic acid groups (broad SMARTS) is 1. The Hall–Kier alpha value is -2.18. The van der Waals surface area contributed by atoms with Crippen LogP contribution >= 0.6 is 0 Å². The molecule has 20 heavy (non-hydrogen) atoms. The van der Waals surface area contributed by atoms with Crippen molar-refractivity contribution in [1.82, 2.24) is 0 Å². The highest BCUT2D eigenvalue weighted by atomic mass is 19.1. The second-order valence-corrected chi connectivity index (χ2v) is 5.23. The topological polar surface area (TPSA) is 83.7 Å². The fraction of sp³-hybridized carbons (Fsp3) is 0.462. The third-order valence-electron chi connectivity index (χ3n) is 3.58. The van der Waals surface area contributed by atoms with Crippen LogP contribution in [-0.2, 0) is 0 Å². The van der Waals surface area contributed by atoms with E-state index in [-0.39, 0.29) is 17.4 Å². The van der Waals surface area contributed by atoms with E-state index < -0.39 is 22.3 Å². The molecule has 1 aromatic carbocycles. The van der Waals surface area contributed by atoms with E-state index in [1.54, 1.807) is 4.90 Å². The molecule has 0 amide bonds. The summed E-state index contributed by atoms with van der Waals surface area (Å²) in [7, 11) is 0. The van der Waals surface area contributed by atoms with E-state index in [4.69, 9.17) is 5.11 Å². The molecular formula is C13H15FN2O4. The fourth-order valence-electron chi connectivity index (χ4n) is 2.73. The molecule has 1 aliphatic heterocycles. The van der Waals surface area contributed by atoms with Crippen molar-refractivity contribution in [3.05, 3.63) is 33.6 Å². The third-order valence-corrected chi connectivity index (χ3v) is 3.58. The SMILES string of the molecule is CC1CC(C)N(c2cc(F)c(C(=O)O)cc2[N+](=O)[O-])C1. The monoisotopic (exact) mass is 282 g/mol. The van der Waals surface area contributed by atoms with Gasteiger partial charge in [-0.1, -0.05) is 6.92 Å². The van der Waals surface area contributed by atoms with Crippen molar-refractivity contribution >= 4 is 17.3 Å². The van der Waals surface area contributed by atoms with E-state index in [0.717, 1.165) is 18.6 Å². The molecule has 1 saturated heterocycles. The molecule has 2 atom stereocenters. The molecule has 2 unspecified atom stereocenters. The van der Waals surface area contributed by atoms with Crippen LogP contribution in [-0.4, -0.2) is 28.6 Å². The van der Waals surface area contributed by atoms with Gasteiger partial charge in [0.15, 0.2) is 0 Å². The standard InChI is InChI=1S/C13H15FN2O4/c1-7-3-8(2)15(6-7)11-5-10(14)9(13(17)18)4-12(11)16(19)20/h4-5,7-8H,3,6H2,1-2H3,(H,17,18). The van der Waals surface area contributed by atoms with Crippen LogP contribution < -0.4 is 4.90 Å². The lowest BCUT2D eigenvalue weighted by molar-refractivity contribution is -0.384. The smallest absolute Gasteiger partial charge is 0.338 e. The zero-order valence-electron chi connectivity index (χ0n) is 11.2. The lowest BCUT2D eigenvalue weighted by atomic mass is 10.1. The second-order valence-electron chi connectivity index (χ2n) is 5.23. The molecule has 1 aliphatic rings. The summed E-state index contributed by atoms with van der Waals surface area (Å²) in [5.74, 6) is -2.11. The number of carbonyl (C=O) groups is 1. The number of anilines is 1. The molecule has 0 saturated carbocycles.